The summed E-state index contributed by atoms with van der Waals surface area (Å²) in [5.74, 6) is 0.476. The van der Waals surface area contributed by atoms with Gasteiger partial charge in [0.05, 0.1) is 11.6 Å². The summed E-state index contributed by atoms with van der Waals surface area (Å²) in [4.78, 5) is 27.2. The second-order valence-corrected chi connectivity index (χ2v) is 6.95. The van der Waals surface area contributed by atoms with Crippen LogP contribution in [-0.4, -0.2) is 46.8 Å². The van der Waals surface area contributed by atoms with Crippen molar-refractivity contribution in [2.75, 3.05) is 26.2 Å². The molecule has 0 bridgehead atoms. The molecule has 7 nitrogen and oxygen atoms in total. The topological polar surface area (TPSA) is 76.5 Å². The van der Waals surface area contributed by atoms with Gasteiger partial charge in [-0.25, -0.2) is 4.68 Å². The van der Waals surface area contributed by atoms with Crippen LogP contribution in [0.5, 0.6) is 5.75 Å². The number of aromatic nitrogens is 2. The lowest BCUT2D eigenvalue weighted by atomic mass is 10.2. The van der Waals surface area contributed by atoms with Gasteiger partial charge in [0.15, 0.2) is 0 Å². The van der Waals surface area contributed by atoms with Crippen molar-refractivity contribution < 1.29 is 9.53 Å². The van der Waals surface area contributed by atoms with E-state index in [1.165, 1.54) is 4.68 Å². The number of carbonyl (C=O) groups excluding carboxylic acids is 1. The molecular formula is C23H28N4O3. The van der Waals surface area contributed by atoms with Crippen LogP contribution in [0.4, 0.5) is 0 Å². The molecule has 1 aromatic heterocycles. The van der Waals surface area contributed by atoms with Crippen molar-refractivity contribution in [1.29, 1.82) is 0 Å². The molecule has 0 aliphatic carbocycles. The first-order valence-corrected chi connectivity index (χ1v) is 10.3. The van der Waals surface area contributed by atoms with E-state index in [0.29, 0.717) is 18.5 Å². The van der Waals surface area contributed by atoms with Crippen LogP contribution >= 0.6 is 0 Å². The van der Waals surface area contributed by atoms with Crippen molar-refractivity contribution in [1.82, 2.24) is 20.0 Å². The molecule has 7 heteroatoms. The summed E-state index contributed by atoms with van der Waals surface area (Å²) in [6.07, 6.45) is 1.60. The molecule has 3 aromatic rings. The number of benzene rings is 2. The van der Waals surface area contributed by atoms with Crippen LogP contribution in [0.25, 0.3) is 10.8 Å². The number of rotatable bonds is 10. The zero-order valence-electron chi connectivity index (χ0n) is 17.5. The minimum absolute atomic E-state index is 0.130. The summed E-state index contributed by atoms with van der Waals surface area (Å²) in [5, 5.41) is 8.27. The largest absolute Gasteiger partial charge is 0.492 e. The normalized spacial score (nSPS) is 11.0. The Bertz CT molecular complexity index is 1040. The van der Waals surface area contributed by atoms with Crippen molar-refractivity contribution in [3.63, 3.8) is 0 Å². The van der Waals surface area contributed by atoms with Gasteiger partial charge in [-0.1, -0.05) is 50.2 Å². The lowest BCUT2D eigenvalue weighted by Gasteiger charge is -2.19. The molecule has 158 valence electrons. The molecule has 1 heterocycles. The molecule has 1 amide bonds. The Kier molecular flexibility index (Phi) is 7.57. The lowest BCUT2D eigenvalue weighted by molar-refractivity contribution is -0.122. The molecule has 0 saturated heterocycles. The van der Waals surface area contributed by atoms with Gasteiger partial charge in [-0.2, -0.15) is 5.10 Å². The Morgan fingerprint density at radius 3 is 2.63 bits per heavy atom. The van der Waals surface area contributed by atoms with Crippen LogP contribution in [-0.2, 0) is 17.9 Å². The standard InChI is InChI=1S/C23H28N4O3/c1-3-26(4-2)13-14-30-21-12-8-6-10-19(21)15-24-22(28)17-27-23(29)20-11-7-5-9-18(20)16-25-27/h5-12,16H,3-4,13-15,17H2,1-2H3,(H,24,28). The van der Waals surface area contributed by atoms with Crippen molar-refractivity contribution >= 4 is 16.7 Å². The quantitative estimate of drug-likeness (QED) is 0.558. The second-order valence-electron chi connectivity index (χ2n) is 6.95. The van der Waals surface area contributed by atoms with E-state index in [4.69, 9.17) is 4.74 Å². The molecule has 0 unspecified atom stereocenters. The van der Waals surface area contributed by atoms with E-state index in [1.54, 1.807) is 18.3 Å². The molecule has 30 heavy (non-hydrogen) atoms. The number of amides is 1. The highest BCUT2D eigenvalue weighted by atomic mass is 16.5. The molecule has 0 saturated carbocycles. The van der Waals surface area contributed by atoms with Crippen LogP contribution in [0.1, 0.15) is 19.4 Å². The van der Waals surface area contributed by atoms with Gasteiger partial charge in [0, 0.05) is 24.0 Å². The first-order valence-electron chi connectivity index (χ1n) is 10.3. The van der Waals surface area contributed by atoms with Gasteiger partial charge < -0.3 is 15.0 Å². The number of nitrogens with zero attached hydrogens (tertiary/aromatic N) is 3. The number of ether oxygens (including phenoxy) is 1. The number of likely N-dealkylation sites (N-methyl/N-ethyl adjacent to an activating group) is 1. The maximum Gasteiger partial charge on any atom is 0.275 e. The third-order valence-corrected chi connectivity index (χ3v) is 5.06. The van der Waals surface area contributed by atoms with Crippen LogP contribution in [0.3, 0.4) is 0 Å². The summed E-state index contributed by atoms with van der Waals surface area (Å²) in [7, 11) is 0. The molecular weight excluding hydrogens is 380 g/mol. The smallest absolute Gasteiger partial charge is 0.275 e. The van der Waals surface area contributed by atoms with Crippen LogP contribution < -0.4 is 15.6 Å². The number of fused-ring (bicyclic) bond motifs is 1. The van der Waals surface area contributed by atoms with E-state index in [9.17, 15) is 9.59 Å². The zero-order valence-corrected chi connectivity index (χ0v) is 17.5. The molecule has 0 spiro atoms. The van der Waals surface area contributed by atoms with Gasteiger partial charge in [0.2, 0.25) is 5.91 Å². The highest BCUT2D eigenvalue weighted by molar-refractivity contribution is 5.81. The summed E-state index contributed by atoms with van der Waals surface area (Å²) < 4.78 is 7.11. The number of hydrogen-bond donors (Lipinski definition) is 1. The maximum absolute atomic E-state index is 12.5. The summed E-state index contributed by atoms with van der Waals surface area (Å²) >= 11 is 0. The predicted molar refractivity (Wildman–Crippen MR) is 118 cm³/mol. The minimum atomic E-state index is -0.280. The Balaban J connectivity index is 1.59. The Labute approximate surface area is 176 Å². The number of carbonyl (C=O) groups is 1. The highest BCUT2D eigenvalue weighted by Gasteiger charge is 2.10. The minimum Gasteiger partial charge on any atom is -0.492 e. The SMILES string of the molecule is CCN(CC)CCOc1ccccc1CNC(=O)Cn1ncc2ccccc2c1=O. The Hall–Kier alpha value is -3.19. The Morgan fingerprint density at radius 2 is 1.83 bits per heavy atom. The number of para-hydroxylation sites is 1. The molecule has 0 aliphatic rings. The summed E-state index contributed by atoms with van der Waals surface area (Å²) in [5.41, 5.74) is 0.618. The van der Waals surface area contributed by atoms with Crippen LogP contribution in [0.15, 0.2) is 59.5 Å². The van der Waals surface area contributed by atoms with Gasteiger partial charge >= 0.3 is 0 Å². The van der Waals surface area contributed by atoms with Crippen LogP contribution in [0.2, 0.25) is 0 Å². The first kappa shape index (κ1) is 21.5. The van der Waals surface area contributed by atoms with Gasteiger partial charge in [-0.3, -0.25) is 9.59 Å². The van der Waals surface area contributed by atoms with Crippen LogP contribution in [0, 0.1) is 0 Å². The van der Waals surface area contributed by atoms with E-state index in [2.05, 4.69) is 29.2 Å². The number of nitrogens with one attached hydrogen (secondary N) is 1. The highest BCUT2D eigenvalue weighted by Crippen LogP contribution is 2.17. The first-order chi connectivity index (χ1) is 14.6. The zero-order chi connectivity index (χ0) is 21.3. The van der Waals surface area contributed by atoms with E-state index < -0.39 is 0 Å². The maximum atomic E-state index is 12.5. The molecule has 0 fully saturated rings. The molecule has 3 rings (SSSR count). The van der Waals surface area contributed by atoms with E-state index in [-0.39, 0.29) is 18.0 Å². The van der Waals surface area contributed by atoms with Crippen molar-refractivity contribution in [3.8, 4) is 5.75 Å². The van der Waals surface area contributed by atoms with Gasteiger partial charge in [-0.15, -0.1) is 0 Å². The fraction of sp³-hybridized carbons (Fsp3) is 0.348. The second kappa shape index (κ2) is 10.5. The number of hydrogen-bond acceptors (Lipinski definition) is 5. The van der Waals surface area contributed by atoms with Gasteiger partial charge in [0.1, 0.15) is 18.9 Å². The van der Waals surface area contributed by atoms with E-state index >= 15 is 0 Å². The summed E-state index contributed by atoms with van der Waals surface area (Å²) in [6.45, 7) is 7.86. The average Bonchev–Trinajstić information content (AvgIpc) is 2.78. The molecule has 0 atom stereocenters. The van der Waals surface area contributed by atoms with Crippen molar-refractivity contribution in [2.24, 2.45) is 0 Å². The molecule has 0 aliphatic heterocycles. The van der Waals surface area contributed by atoms with E-state index in [1.807, 2.05) is 36.4 Å². The average molecular weight is 409 g/mol. The van der Waals surface area contributed by atoms with E-state index in [0.717, 1.165) is 36.3 Å². The van der Waals surface area contributed by atoms with Crippen molar-refractivity contribution in [2.45, 2.75) is 26.9 Å². The predicted octanol–water partition coefficient (Wildman–Crippen LogP) is 2.43. The molecule has 1 N–H and O–H groups in total. The monoisotopic (exact) mass is 408 g/mol. The van der Waals surface area contributed by atoms with Crippen molar-refractivity contribution in [3.05, 3.63) is 70.6 Å². The third kappa shape index (κ3) is 5.45. The fourth-order valence-electron chi connectivity index (χ4n) is 3.24. The summed E-state index contributed by atoms with van der Waals surface area (Å²) in [6, 6.07) is 14.9. The fourth-order valence-corrected chi connectivity index (χ4v) is 3.24. The molecule has 0 radical (unpaired) electrons. The van der Waals surface area contributed by atoms with Gasteiger partial charge in [0.25, 0.3) is 5.56 Å². The third-order valence-electron chi connectivity index (χ3n) is 5.06. The van der Waals surface area contributed by atoms with Gasteiger partial charge in [-0.05, 0) is 25.2 Å². The Morgan fingerprint density at radius 1 is 1.10 bits per heavy atom. The lowest BCUT2D eigenvalue weighted by Crippen LogP contribution is -2.33. The molecule has 2 aromatic carbocycles.